The average molecular weight is 1120 g/mol. The second-order valence-corrected chi connectivity index (χ2v) is 16.1. The van der Waals surface area contributed by atoms with Gasteiger partial charge in [-0.2, -0.15) is 5.26 Å². The van der Waals surface area contributed by atoms with E-state index in [2.05, 4.69) is 31.9 Å². The van der Waals surface area contributed by atoms with Gasteiger partial charge in [0.2, 0.25) is 0 Å². The van der Waals surface area contributed by atoms with Crippen LogP contribution in [-0.4, -0.2) is 124 Å². The van der Waals surface area contributed by atoms with E-state index < -0.39 is 54.2 Å². The van der Waals surface area contributed by atoms with Crippen LogP contribution in [0.5, 0.6) is 0 Å². The third kappa shape index (κ3) is 37.3. The first-order chi connectivity index (χ1) is 38.7. The van der Waals surface area contributed by atoms with Crippen molar-refractivity contribution in [3.63, 3.8) is 0 Å². The smallest absolute Gasteiger partial charge is 0.326 e. The summed E-state index contributed by atoms with van der Waals surface area (Å²) >= 11 is 0. The minimum atomic E-state index is -0.959. The summed E-state index contributed by atoms with van der Waals surface area (Å²) in [5.74, 6) is -2.81. The predicted molar refractivity (Wildman–Crippen MR) is 308 cm³/mol. The molecular weight excluding hydrogens is 1040 g/mol. The number of aliphatic hydroxyl groups is 3. The molecule has 17 N–H and O–H groups in total. The van der Waals surface area contributed by atoms with Gasteiger partial charge in [-0.1, -0.05) is 159 Å². The van der Waals surface area contributed by atoms with Crippen LogP contribution in [-0.2, 0) is 49.7 Å². The number of rotatable bonds is 11. The maximum atomic E-state index is 11.2. The van der Waals surface area contributed by atoms with E-state index in [0.717, 1.165) is 34.4 Å². The highest BCUT2D eigenvalue weighted by Crippen LogP contribution is 2.09. The Labute approximate surface area is 472 Å². The lowest BCUT2D eigenvalue weighted by atomic mass is 10.1. The van der Waals surface area contributed by atoms with Gasteiger partial charge in [-0.25, -0.2) is 14.4 Å². The molecule has 0 radical (unpaired) electrons. The number of aliphatic carboxylic acids is 2. The van der Waals surface area contributed by atoms with Crippen LogP contribution in [0.25, 0.3) is 6.08 Å². The van der Waals surface area contributed by atoms with Gasteiger partial charge >= 0.3 is 30.0 Å². The molecule has 3 saturated heterocycles. The van der Waals surface area contributed by atoms with Crippen LogP contribution in [0.15, 0.2) is 157 Å². The first kappa shape index (κ1) is 73.9. The average Bonchev–Trinajstić information content (AvgIpc) is 4.07. The Kier molecular flexibility index (Phi) is 42.8. The van der Waals surface area contributed by atoms with Gasteiger partial charge in [0.1, 0.15) is 29.9 Å². The first-order valence-electron chi connectivity index (χ1n) is 25.3. The third-order valence-electron chi connectivity index (χ3n) is 9.34. The first-order valence-corrected chi connectivity index (χ1v) is 25.3. The summed E-state index contributed by atoms with van der Waals surface area (Å²) < 4.78 is 0. The number of aliphatic hydroxyl groups excluding tert-OH is 3. The predicted octanol–water partition coefficient (Wildman–Crippen LogP) is 3.51. The van der Waals surface area contributed by atoms with Crippen molar-refractivity contribution in [2.45, 2.75) is 84.5 Å². The molecule has 0 bridgehead atoms. The van der Waals surface area contributed by atoms with Crippen LogP contribution in [0.1, 0.15) is 62.4 Å². The molecule has 2 unspecified atom stereocenters. The van der Waals surface area contributed by atoms with E-state index in [-0.39, 0.29) is 43.2 Å². The van der Waals surface area contributed by atoms with Crippen molar-refractivity contribution >= 4 is 53.8 Å². The highest BCUT2D eigenvalue weighted by atomic mass is 16.4. The molecule has 0 aromatic heterocycles. The second-order valence-electron chi connectivity index (χ2n) is 16.1. The fraction of sp³-hybridized carbons (Fsp3) is 0.293. The Morgan fingerprint density at radius 3 is 1.02 bits per heavy atom. The minimum Gasteiger partial charge on any atom is -0.480 e. The number of imide groups is 3. The molecule has 3 aliphatic heterocycles. The lowest BCUT2D eigenvalue weighted by Gasteiger charge is -2.06. The van der Waals surface area contributed by atoms with Crippen molar-refractivity contribution in [3.8, 4) is 6.07 Å². The highest BCUT2D eigenvalue weighted by Gasteiger charge is 2.30. The molecule has 23 heteroatoms. The number of nitrogens with one attached hydrogen (secondary N) is 6. The van der Waals surface area contributed by atoms with Crippen LogP contribution in [0.3, 0.4) is 0 Å². The van der Waals surface area contributed by atoms with Crippen molar-refractivity contribution in [1.82, 2.24) is 31.9 Å². The van der Waals surface area contributed by atoms with Gasteiger partial charge in [-0.05, 0) is 74.1 Å². The largest absolute Gasteiger partial charge is 0.480 e. The van der Waals surface area contributed by atoms with Crippen molar-refractivity contribution < 1.29 is 63.9 Å². The van der Waals surface area contributed by atoms with Gasteiger partial charge in [0, 0.05) is 39.6 Å². The molecule has 8 rings (SSSR count). The third-order valence-corrected chi connectivity index (χ3v) is 9.34. The molecule has 3 fully saturated rings. The Bertz CT molecular complexity index is 2490. The summed E-state index contributed by atoms with van der Waals surface area (Å²) in [5.41, 5.74) is 20.7. The number of benzene rings is 5. The molecule has 81 heavy (non-hydrogen) atoms. The molecule has 0 spiro atoms. The van der Waals surface area contributed by atoms with Gasteiger partial charge in [-0.15, -0.1) is 0 Å². The summed E-state index contributed by atoms with van der Waals surface area (Å²) in [5, 5.41) is 61.1. The number of urea groups is 3. The SMILES string of the molecule is CC#N.CCN.CCO.CCO.CCO.N[C@@H](Cc1ccccc1)C(=O)O.N[C@H](Cc1ccccc1)C(=O)O.O=C1NC(=O)/C(=C\c2ccccc2)N1.O=C1NC(=O)C(Cc2ccccc2)N1.O=C1NC(=O)C(Cc2ccccc2)N1. The van der Waals surface area contributed by atoms with Crippen molar-refractivity contribution in [2.24, 2.45) is 17.2 Å². The van der Waals surface area contributed by atoms with E-state index in [4.69, 9.17) is 48.0 Å². The number of carbonyl (C=O) groups excluding carboxylic acids is 6. The fourth-order valence-electron chi connectivity index (χ4n) is 6.01. The zero-order chi connectivity index (χ0) is 61.4. The van der Waals surface area contributed by atoms with Crippen LogP contribution in [0.2, 0.25) is 0 Å². The maximum Gasteiger partial charge on any atom is 0.326 e. The molecule has 3 aliphatic rings. The summed E-state index contributed by atoms with van der Waals surface area (Å²) in [6, 6.07) is 45.2. The molecule has 0 aliphatic carbocycles. The summed E-state index contributed by atoms with van der Waals surface area (Å²) in [4.78, 5) is 86.7. The number of carboxylic acids is 2. The molecule has 3 heterocycles. The van der Waals surface area contributed by atoms with E-state index in [0.29, 0.717) is 25.7 Å². The molecule has 23 nitrogen and oxygen atoms in total. The Hall–Kier alpha value is -9.15. The van der Waals surface area contributed by atoms with Crippen molar-refractivity contribution in [1.29, 1.82) is 5.26 Å². The lowest BCUT2D eigenvalue weighted by Crippen LogP contribution is -2.32. The summed E-state index contributed by atoms with van der Waals surface area (Å²) in [6.07, 6.45) is 3.48. The van der Waals surface area contributed by atoms with E-state index in [1.165, 1.54) is 6.92 Å². The summed E-state index contributed by atoms with van der Waals surface area (Å²) in [6.45, 7) is 9.88. The van der Waals surface area contributed by atoms with E-state index >= 15 is 0 Å². The molecule has 5 aromatic carbocycles. The fourth-order valence-corrected chi connectivity index (χ4v) is 6.01. The van der Waals surface area contributed by atoms with Crippen LogP contribution in [0, 0.1) is 11.3 Å². The van der Waals surface area contributed by atoms with Gasteiger partial charge in [0.25, 0.3) is 17.7 Å². The second kappa shape index (κ2) is 46.9. The van der Waals surface area contributed by atoms with Gasteiger partial charge < -0.3 is 58.7 Å². The van der Waals surface area contributed by atoms with E-state index in [1.54, 1.807) is 32.9 Å². The zero-order valence-corrected chi connectivity index (χ0v) is 46.2. The number of amides is 9. The number of carbonyl (C=O) groups is 8. The van der Waals surface area contributed by atoms with Gasteiger partial charge in [-0.3, -0.25) is 39.9 Å². The normalized spacial score (nSPS) is 14.9. The molecule has 438 valence electrons. The number of nitrogens with zero attached hydrogens (tertiary/aromatic N) is 1. The maximum absolute atomic E-state index is 11.2. The molecule has 4 atom stereocenters. The van der Waals surface area contributed by atoms with Gasteiger partial charge in [0.15, 0.2) is 0 Å². The topological polar surface area (TPSA) is 412 Å². The number of carboxylic acid groups (broad SMARTS) is 2. The van der Waals surface area contributed by atoms with Crippen molar-refractivity contribution in [3.05, 3.63) is 185 Å². The number of nitrogens with two attached hydrogens (primary N) is 3. The molecular formula is C58H78N10O13. The quantitative estimate of drug-likeness (QED) is 0.0664. The lowest BCUT2D eigenvalue weighted by molar-refractivity contribution is -0.139. The van der Waals surface area contributed by atoms with Crippen LogP contribution in [0.4, 0.5) is 14.4 Å². The van der Waals surface area contributed by atoms with Gasteiger partial charge in [0.05, 0.1) is 6.07 Å². The van der Waals surface area contributed by atoms with E-state index in [1.807, 2.05) is 159 Å². The monoisotopic (exact) mass is 1120 g/mol. The Balaban J connectivity index is 0. The molecule has 0 saturated carbocycles. The zero-order valence-electron chi connectivity index (χ0n) is 46.2. The van der Waals surface area contributed by atoms with Crippen LogP contribution >= 0.6 is 0 Å². The number of hydrogen-bond acceptors (Lipinski definition) is 15. The number of nitriles is 1. The molecule has 9 amide bonds. The number of hydrogen-bond donors (Lipinski definition) is 14. The Morgan fingerprint density at radius 1 is 0.519 bits per heavy atom. The van der Waals surface area contributed by atoms with Crippen LogP contribution < -0.4 is 49.1 Å². The summed E-state index contributed by atoms with van der Waals surface area (Å²) in [7, 11) is 0. The van der Waals surface area contributed by atoms with E-state index in [9.17, 15) is 38.4 Å². The highest BCUT2D eigenvalue weighted by molar-refractivity contribution is 6.14. The van der Waals surface area contributed by atoms with Crippen molar-refractivity contribution in [2.75, 3.05) is 26.4 Å². The standard InChI is InChI=1S/2C10H10N2O2.C10H8N2O2.2C9H11NO2.C2H7N.C2H3N.3C2H6O/c3*13-9-8(11-10(14)12-9)6-7-4-2-1-3-5-7;2*10-8(9(11)12)6-7-4-2-1-3-5-7;5*1-2-3/h2*1-5,8H,6H2,(H2,11,12,13,14);1-6H,(H2,11,12,13,14);2*1-5,8H,6,10H2,(H,11,12);2-3H2,1H3;1H3;3*3H,2H2,1H3/b;;8-6+;;;;;;;/t;;;2*8-;;;;;/m...10...../s1. The Morgan fingerprint density at radius 2 is 0.790 bits per heavy atom. The molecule has 5 aromatic rings. The minimum absolute atomic E-state index is 0.250.